The number of benzene rings is 1. The van der Waals surface area contributed by atoms with Crippen LogP contribution in [0.2, 0.25) is 0 Å². The maximum Gasteiger partial charge on any atom is 0.304 e. The first-order valence-corrected chi connectivity index (χ1v) is 6.75. The molecule has 1 aromatic carbocycles. The number of likely N-dealkylation sites (N-methyl/N-ethyl adjacent to an activating group) is 1. The molecule has 1 rings (SSSR count). The fourth-order valence-electron chi connectivity index (χ4n) is 1.80. The number of amides is 1. The molecular formula is C15H19N3O3. The Morgan fingerprint density at radius 1 is 1.33 bits per heavy atom. The van der Waals surface area contributed by atoms with Crippen molar-refractivity contribution in [2.24, 2.45) is 0 Å². The highest BCUT2D eigenvalue weighted by Gasteiger charge is 2.10. The minimum Gasteiger partial charge on any atom is -0.481 e. The van der Waals surface area contributed by atoms with Crippen molar-refractivity contribution in [2.45, 2.75) is 19.8 Å². The van der Waals surface area contributed by atoms with Crippen LogP contribution in [-0.2, 0) is 16.0 Å². The highest BCUT2D eigenvalue weighted by molar-refractivity contribution is 5.92. The van der Waals surface area contributed by atoms with Gasteiger partial charge in [-0.05, 0) is 24.2 Å². The minimum absolute atomic E-state index is 0.0178. The Morgan fingerprint density at radius 2 is 2.00 bits per heavy atom. The lowest BCUT2D eigenvalue weighted by molar-refractivity contribution is -0.137. The quantitative estimate of drug-likeness (QED) is 0.756. The summed E-state index contributed by atoms with van der Waals surface area (Å²) in [7, 11) is 0. The van der Waals surface area contributed by atoms with E-state index in [1.807, 2.05) is 6.92 Å². The number of rotatable bonds is 8. The molecule has 0 aliphatic heterocycles. The van der Waals surface area contributed by atoms with Crippen LogP contribution in [0.15, 0.2) is 24.3 Å². The van der Waals surface area contributed by atoms with Crippen molar-refractivity contribution in [1.82, 2.24) is 4.90 Å². The average Bonchev–Trinajstić information content (AvgIpc) is 2.45. The second kappa shape index (κ2) is 8.72. The lowest BCUT2D eigenvalue weighted by Gasteiger charge is -2.18. The van der Waals surface area contributed by atoms with Crippen LogP contribution in [0, 0.1) is 11.3 Å². The Morgan fingerprint density at radius 3 is 2.52 bits per heavy atom. The first kappa shape index (κ1) is 16.7. The number of hydrogen-bond acceptors (Lipinski definition) is 4. The Hall–Kier alpha value is -2.39. The number of hydrogen-bond donors (Lipinski definition) is 2. The first-order chi connectivity index (χ1) is 10.0. The summed E-state index contributed by atoms with van der Waals surface area (Å²) in [6.45, 7) is 3.00. The zero-order valence-corrected chi connectivity index (χ0v) is 12.0. The van der Waals surface area contributed by atoms with Crippen LogP contribution < -0.4 is 5.32 Å². The molecule has 112 valence electrons. The zero-order valence-electron chi connectivity index (χ0n) is 12.0. The van der Waals surface area contributed by atoms with Crippen molar-refractivity contribution in [2.75, 3.05) is 25.0 Å². The highest BCUT2D eigenvalue weighted by atomic mass is 16.4. The molecule has 0 atom stereocenters. The van der Waals surface area contributed by atoms with E-state index < -0.39 is 5.97 Å². The summed E-state index contributed by atoms with van der Waals surface area (Å²) in [5, 5.41) is 20.0. The molecule has 0 aliphatic carbocycles. The summed E-state index contributed by atoms with van der Waals surface area (Å²) in [5.74, 6) is -1.06. The van der Waals surface area contributed by atoms with Gasteiger partial charge in [0.2, 0.25) is 5.91 Å². The van der Waals surface area contributed by atoms with E-state index in [-0.39, 0.29) is 18.9 Å². The molecule has 0 radical (unpaired) electrons. The van der Waals surface area contributed by atoms with E-state index in [9.17, 15) is 9.59 Å². The number of anilines is 1. The molecule has 1 aromatic rings. The van der Waals surface area contributed by atoms with Gasteiger partial charge >= 0.3 is 5.97 Å². The van der Waals surface area contributed by atoms with Gasteiger partial charge in [0.15, 0.2) is 0 Å². The topological polar surface area (TPSA) is 93.4 Å². The predicted molar refractivity (Wildman–Crippen MR) is 78.8 cm³/mol. The average molecular weight is 289 g/mol. The number of carbonyl (C=O) groups is 2. The Labute approximate surface area is 124 Å². The molecule has 21 heavy (non-hydrogen) atoms. The van der Waals surface area contributed by atoms with Crippen LogP contribution in [0.5, 0.6) is 0 Å². The number of nitrogens with zero attached hydrogens (tertiary/aromatic N) is 2. The SMILES string of the molecule is CCN(CCC(=O)O)CC(=O)Nc1ccc(CC#N)cc1. The summed E-state index contributed by atoms with van der Waals surface area (Å²) in [5.41, 5.74) is 1.56. The maximum absolute atomic E-state index is 11.9. The van der Waals surface area contributed by atoms with Crippen LogP contribution in [0.3, 0.4) is 0 Å². The number of aliphatic carboxylic acids is 1. The Bertz CT molecular complexity index is 520. The van der Waals surface area contributed by atoms with Crippen molar-refractivity contribution in [3.8, 4) is 6.07 Å². The van der Waals surface area contributed by atoms with Gasteiger partial charge in [0.25, 0.3) is 0 Å². The van der Waals surface area contributed by atoms with Crippen LogP contribution in [0.1, 0.15) is 18.9 Å². The fraction of sp³-hybridized carbons (Fsp3) is 0.400. The van der Waals surface area contributed by atoms with E-state index in [0.717, 1.165) is 5.56 Å². The lowest BCUT2D eigenvalue weighted by Crippen LogP contribution is -2.34. The molecule has 2 N–H and O–H groups in total. The summed E-state index contributed by atoms with van der Waals surface area (Å²) >= 11 is 0. The van der Waals surface area contributed by atoms with E-state index in [2.05, 4.69) is 11.4 Å². The monoisotopic (exact) mass is 289 g/mol. The summed E-state index contributed by atoms with van der Waals surface area (Å²) < 4.78 is 0. The van der Waals surface area contributed by atoms with Gasteiger partial charge in [-0.15, -0.1) is 0 Å². The van der Waals surface area contributed by atoms with Crippen molar-refractivity contribution < 1.29 is 14.7 Å². The third-order valence-electron chi connectivity index (χ3n) is 2.98. The smallest absolute Gasteiger partial charge is 0.304 e. The molecule has 0 fully saturated rings. The van der Waals surface area contributed by atoms with E-state index >= 15 is 0 Å². The van der Waals surface area contributed by atoms with Gasteiger partial charge in [0.1, 0.15) is 0 Å². The largest absolute Gasteiger partial charge is 0.481 e. The van der Waals surface area contributed by atoms with Crippen LogP contribution in [-0.4, -0.2) is 41.5 Å². The number of carboxylic acid groups (broad SMARTS) is 1. The van der Waals surface area contributed by atoms with Gasteiger partial charge in [-0.3, -0.25) is 14.5 Å². The van der Waals surface area contributed by atoms with Crippen molar-refractivity contribution in [3.63, 3.8) is 0 Å². The number of nitriles is 1. The molecule has 6 nitrogen and oxygen atoms in total. The Kier molecular flexibility index (Phi) is 6.92. The summed E-state index contributed by atoms with van der Waals surface area (Å²) in [6, 6.07) is 9.14. The molecule has 0 unspecified atom stereocenters. The summed E-state index contributed by atoms with van der Waals surface area (Å²) in [4.78, 5) is 24.2. The second-order valence-corrected chi connectivity index (χ2v) is 4.59. The van der Waals surface area contributed by atoms with Crippen molar-refractivity contribution in [1.29, 1.82) is 5.26 Å². The van der Waals surface area contributed by atoms with Gasteiger partial charge in [0.05, 0.1) is 25.5 Å². The lowest BCUT2D eigenvalue weighted by atomic mass is 10.1. The van der Waals surface area contributed by atoms with Crippen LogP contribution in [0.4, 0.5) is 5.69 Å². The highest BCUT2D eigenvalue weighted by Crippen LogP contribution is 2.10. The number of carbonyl (C=O) groups excluding carboxylic acids is 1. The maximum atomic E-state index is 11.9. The summed E-state index contributed by atoms with van der Waals surface area (Å²) in [6.07, 6.45) is 0.358. The number of carboxylic acids is 1. The third kappa shape index (κ3) is 6.54. The van der Waals surface area contributed by atoms with Crippen molar-refractivity contribution >= 4 is 17.6 Å². The normalized spacial score (nSPS) is 10.1. The van der Waals surface area contributed by atoms with Gasteiger partial charge in [0, 0.05) is 12.2 Å². The number of nitrogens with one attached hydrogen (secondary N) is 1. The molecule has 0 aliphatic rings. The second-order valence-electron chi connectivity index (χ2n) is 4.59. The third-order valence-corrected chi connectivity index (χ3v) is 2.98. The minimum atomic E-state index is -0.873. The van der Waals surface area contributed by atoms with Gasteiger partial charge in [-0.25, -0.2) is 0 Å². The zero-order chi connectivity index (χ0) is 15.7. The first-order valence-electron chi connectivity index (χ1n) is 6.75. The van der Waals surface area contributed by atoms with Crippen molar-refractivity contribution in [3.05, 3.63) is 29.8 Å². The van der Waals surface area contributed by atoms with E-state index in [0.29, 0.717) is 25.2 Å². The standard InChI is InChI=1S/C15H19N3O3/c1-2-18(10-8-15(20)21)11-14(19)17-13-5-3-12(4-6-13)7-9-16/h3-6H,2,7-8,10-11H2,1H3,(H,17,19)(H,20,21). The Balaban J connectivity index is 2.48. The van der Waals surface area contributed by atoms with Crippen LogP contribution in [0.25, 0.3) is 0 Å². The molecule has 0 heterocycles. The molecular weight excluding hydrogens is 270 g/mol. The molecule has 0 spiro atoms. The van der Waals surface area contributed by atoms with Gasteiger partial charge < -0.3 is 10.4 Å². The molecule has 0 aromatic heterocycles. The predicted octanol–water partition coefficient (Wildman–Crippen LogP) is 1.49. The van der Waals surface area contributed by atoms with Crippen LogP contribution >= 0.6 is 0 Å². The van der Waals surface area contributed by atoms with E-state index in [1.165, 1.54) is 0 Å². The molecule has 0 bridgehead atoms. The molecule has 0 saturated carbocycles. The molecule has 1 amide bonds. The van der Waals surface area contributed by atoms with E-state index in [4.69, 9.17) is 10.4 Å². The van der Waals surface area contributed by atoms with Gasteiger partial charge in [-0.2, -0.15) is 5.26 Å². The van der Waals surface area contributed by atoms with E-state index in [1.54, 1.807) is 29.2 Å². The van der Waals surface area contributed by atoms with Gasteiger partial charge in [-0.1, -0.05) is 19.1 Å². The fourth-order valence-corrected chi connectivity index (χ4v) is 1.80. The molecule has 0 saturated heterocycles. The molecule has 6 heteroatoms.